The Bertz CT molecular complexity index is 714. The van der Waals surface area contributed by atoms with Crippen molar-refractivity contribution in [3.63, 3.8) is 0 Å². The molecule has 0 amide bonds. The third-order valence-corrected chi connectivity index (χ3v) is 7.32. The molecule has 5 heteroatoms. The molecule has 2 spiro atoms. The van der Waals surface area contributed by atoms with Gasteiger partial charge in [0.25, 0.3) is 0 Å². The fourth-order valence-corrected chi connectivity index (χ4v) is 5.90. The van der Waals surface area contributed by atoms with E-state index in [-0.39, 0.29) is 17.5 Å². The summed E-state index contributed by atoms with van der Waals surface area (Å²) in [5.41, 5.74) is 2.78. The fraction of sp³-hybridized carbons (Fsp3) is 0.727. The van der Waals surface area contributed by atoms with Crippen LogP contribution in [0.15, 0.2) is 18.3 Å². The minimum Gasteiger partial charge on any atom is -0.462 e. The molecule has 1 atom stereocenters. The summed E-state index contributed by atoms with van der Waals surface area (Å²) in [5, 5.41) is 0. The van der Waals surface area contributed by atoms with Crippen LogP contribution in [0.25, 0.3) is 0 Å². The number of hydrogen-bond donors (Lipinski definition) is 0. The van der Waals surface area contributed by atoms with Crippen LogP contribution < -0.4 is 4.90 Å². The van der Waals surface area contributed by atoms with Crippen LogP contribution in [0.4, 0.5) is 5.69 Å². The molecule has 0 unspecified atom stereocenters. The van der Waals surface area contributed by atoms with Crippen molar-refractivity contribution in [1.29, 1.82) is 0 Å². The Balaban J connectivity index is 1.06. The van der Waals surface area contributed by atoms with Gasteiger partial charge in [-0.15, -0.1) is 0 Å². The van der Waals surface area contributed by atoms with Crippen LogP contribution in [0.3, 0.4) is 0 Å². The zero-order valence-corrected chi connectivity index (χ0v) is 16.5. The van der Waals surface area contributed by atoms with Gasteiger partial charge in [-0.2, -0.15) is 0 Å². The lowest BCUT2D eigenvalue weighted by atomic mass is 9.71. The Morgan fingerprint density at radius 1 is 1.19 bits per heavy atom. The molecular weight excluding hydrogens is 338 g/mol. The van der Waals surface area contributed by atoms with E-state index in [2.05, 4.69) is 33.8 Å². The van der Waals surface area contributed by atoms with E-state index in [9.17, 15) is 4.79 Å². The summed E-state index contributed by atoms with van der Waals surface area (Å²) in [4.78, 5) is 21.7. The van der Waals surface area contributed by atoms with Gasteiger partial charge in [0, 0.05) is 62.1 Å². The van der Waals surface area contributed by atoms with Gasteiger partial charge in [-0.05, 0) is 38.3 Å². The number of aromatic nitrogens is 1. The number of carbonyl (C=O) groups is 1. The molecule has 0 radical (unpaired) electrons. The molecule has 0 bridgehead atoms. The molecule has 3 aliphatic heterocycles. The first-order valence-electron chi connectivity index (χ1n) is 10.7. The predicted molar refractivity (Wildman–Crippen MR) is 105 cm³/mol. The van der Waals surface area contributed by atoms with Crippen LogP contribution >= 0.6 is 0 Å². The molecule has 4 heterocycles. The van der Waals surface area contributed by atoms with Crippen LogP contribution in [0.1, 0.15) is 50.6 Å². The van der Waals surface area contributed by atoms with E-state index in [1.165, 1.54) is 38.0 Å². The number of aryl methyl sites for hydroxylation is 1. The topological polar surface area (TPSA) is 45.7 Å². The van der Waals surface area contributed by atoms with Gasteiger partial charge >= 0.3 is 5.97 Å². The maximum atomic E-state index is 12.4. The molecule has 1 saturated carbocycles. The van der Waals surface area contributed by atoms with Crippen molar-refractivity contribution in [3.8, 4) is 0 Å². The first kappa shape index (κ1) is 17.5. The normalized spacial score (nSPS) is 28.9. The molecule has 146 valence electrons. The SMILES string of the molecule is Cc1cc(N2CC3(CN(CC[C@H]4CC5(CCCCC5)C(=O)O4)C3)C2)ccn1. The Labute approximate surface area is 162 Å². The Morgan fingerprint density at radius 3 is 2.70 bits per heavy atom. The second kappa shape index (κ2) is 6.47. The first-order valence-corrected chi connectivity index (χ1v) is 10.7. The van der Waals surface area contributed by atoms with Crippen molar-refractivity contribution in [1.82, 2.24) is 9.88 Å². The lowest BCUT2D eigenvalue weighted by Gasteiger charge is -2.61. The van der Waals surface area contributed by atoms with Crippen molar-refractivity contribution in [2.24, 2.45) is 10.8 Å². The number of hydrogen-bond acceptors (Lipinski definition) is 5. The summed E-state index contributed by atoms with van der Waals surface area (Å²) in [5.74, 6) is 0.106. The lowest BCUT2D eigenvalue weighted by Crippen LogP contribution is -2.72. The summed E-state index contributed by atoms with van der Waals surface area (Å²) in [6.45, 7) is 7.84. The van der Waals surface area contributed by atoms with Crippen LogP contribution in [0.5, 0.6) is 0 Å². The van der Waals surface area contributed by atoms with E-state index < -0.39 is 0 Å². The maximum absolute atomic E-state index is 12.4. The molecule has 0 N–H and O–H groups in total. The molecule has 0 aromatic carbocycles. The smallest absolute Gasteiger partial charge is 0.312 e. The van der Waals surface area contributed by atoms with Crippen LogP contribution in [0, 0.1) is 17.8 Å². The average Bonchev–Trinajstić information content (AvgIpc) is 2.88. The van der Waals surface area contributed by atoms with Crippen LogP contribution in [-0.2, 0) is 9.53 Å². The Morgan fingerprint density at radius 2 is 1.96 bits per heavy atom. The number of nitrogens with zero attached hydrogens (tertiary/aromatic N) is 3. The zero-order chi connectivity index (χ0) is 18.5. The Hall–Kier alpha value is -1.62. The van der Waals surface area contributed by atoms with E-state index >= 15 is 0 Å². The predicted octanol–water partition coefficient (Wildman–Crippen LogP) is 3.17. The number of cyclic esters (lactones) is 1. The van der Waals surface area contributed by atoms with E-state index in [0.717, 1.165) is 51.0 Å². The summed E-state index contributed by atoms with van der Waals surface area (Å²) in [6.07, 6.45) is 9.84. The quantitative estimate of drug-likeness (QED) is 0.763. The number of carbonyl (C=O) groups excluding carboxylic acids is 1. The van der Waals surface area contributed by atoms with Gasteiger partial charge in [-0.1, -0.05) is 19.3 Å². The van der Waals surface area contributed by atoms with Crippen molar-refractivity contribution in [3.05, 3.63) is 24.0 Å². The molecular formula is C22H31N3O2. The highest BCUT2D eigenvalue weighted by molar-refractivity contribution is 5.79. The second-order valence-electron chi connectivity index (χ2n) is 9.58. The monoisotopic (exact) mass is 369 g/mol. The van der Waals surface area contributed by atoms with Crippen molar-refractivity contribution < 1.29 is 9.53 Å². The number of anilines is 1. The molecule has 3 saturated heterocycles. The highest BCUT2D eigenvalue weighted by Crippen LogP contribution is 2.47. The fourth-order valence-electron chi connectivity index (χ4n) is 5.90. The number of likely N-dealkylation sites (tertiary alicyclic amines) is 1. The first-order chi connectivity index (χ1) is 13.1. The van der Waals surface area contributed by atoms with Gasteiger partial charge in [-0.25, -0.2) is 0 Å². The van der Waals surface area contributed by atoms with E-state index in [1.54, 1.807) is 0 Å². The van der Waals surface area contributed by atoms with Gasteiger partial charge in [-0.3, -0.25) is 9.78 Å². The van der Waals surface area contributed by atoms with Crippen molar-refractivity contribution >= 4 is 11.7 Å². The summed E-state index contributed by atoms with van der Waals surface area (Å²) < 4.78 is 5.77. The molecule has 4 aliphatic rings. The third kappa shape index (κ3) is 3.14. The molecule has 5 rings (SSSR count). The molecule has 5 nitrogen and oxygen atoms in total. The number of ether oxygens (including phenoxy) is 1. The summed E-state index contributed by atoms with van der Waals surface area (Å²) in [7, 11) is 0. The minimum atomic E-state index is -0.115. The van der Waals surface area contributed by atoms with E-state index in [4.69, 9.17) is 4.74 Å². The van der Waals surface area contributed by atoms with Crippen molar-refractivity contribution in [2.75, 3.05) is 37.6 Å². The van der Waals surface area contributed by atoms with Gasteiger partial charge in [0.2, 0.25) is 0 Å². The maximum Gasteiger partial charge on any atom is 0.312 e. The number of pyridine rings is 1. The van der Waals surface area contributed by atoms with Crippen LogP contribution in [-0.4, -0.2) is 54.7 Å². The summed E-state index contributed by atoms with van der Waals surface area (Å²) >= 11 is 0. The third-order valence-electron chi connectivity index (χ3n) is 7.32. The van der Waals surface area contributed by atoms with Crippen LogP contribution in [0.2, 0.25) is 0 Å². The number of rotatable bonds is 4. The highest BCUT2D eigenvalue weighted by atomic mass is 16.6. The van der Waals surface area contributed by atoms with Crippen molar-refractivity contribution in [2.45, 2.75) is 58.0 Å². The van der Waals surface area contributed by atoms with Gasteiger partial charge < -0.3 is 14.5 Å². The molecule has 4 fully saturated rings. The van der Waals surface area contributed by atoms with Gasteiger partial charge in [0.15, 0.2) is 0 Å². The molecule has 27 heavy (non-hydrogen) atoms. The lowest BCUT2D eigenvalue weighted by molar-refractivity contribution is -0.150. The second-order valence-corrected chi connectivity index (χ2v) is 9.58. The molecule has 1 aromatic rings. The average molecular weight is 370 g/mol. The highest BCUT2D eigenvalue weighted by Gasteiger charge is 2.52. The zero-order valence-electron chi connectivity index (χ0n) is 16.5. The standard InChI is InChI=1S/C22H31N3O2/c1-17-11-18(5-9-23-17)25-15-21(16-25)13-24(14-21)10-6-19-12-22(20(26)27-19)7-3-2-4-8-22/h5,9,11,19H,2-4,6-8,10,12-16H2,1H3/t19-/m0/s1. The minimum absolute atomic E-state index is 0.106. The van der Waals surface area contributed by atoms with Gasteiger partial charge in [0.1, 0.15) is 6.10 Å². The molecule has 1 aliphatic carbocycles. The Kier molecular flexibility index (Phi) is 4.19. The van der Waals surface area contributed by atoms with E-state index in [1.807, 2.05) is 6.20 Å². The van der Waals surface area contributed by atoms with E-state index in [0.29, 0.717) is 5.41 Å². The van der Waals surface area contributed by atoms with Gasteiger partial charge in [0.05, 0.1) is 5.41 Å². The largest absolute Gasteiger partial charge is 0.462 e. The summed E-state index contributed by atoms with van der Waals surface area (Å²) in [6, 6.07) is 4.30. The molecule has 1 aromatic heterocycles. The number of esters is 1.